The highest BCUT2D eigenvalue weighted by Crippen LogP contribution is 2.24. The van der Waals surface area contributed by atoms with Gasteiger partial charge in [0, 0.05) is 44.8 Å². The second-order valence-electron chi connectivity index (χ2n) is 8.02. The predicted molar refractivity (Wildman–Crippen MR) is 104 cm³/mol. The predicted octanol–water partition coefficient (Wildman–Crippen LogP) is 2.76. The molecule has 2 amide bonds. The lowest BCUT2D eigenvalue weighted by molar-refractivity contribution is -0.141. The molecule has 1 aromatic carbocycles. The van der Waals surface area contributed by atoms with Crippen LogP contribution in [0.4, 0.5) is 10.1 Å². The molecule has 0 aliphatic carbocycles. The van der Waals surface area contributed by atoms with Crippen molar-refractivity contribution in [2.24, 2.45) is 11.8 Å². The Morgan fingerprint density at radius 2 is 1.74 bits per heavy atom. The smallest absolute Gasteiger partial charge is 0.242 e. The van der Waals surface area contributed by atoms with E-state index < -0.39 is 0 Å². The minimum Gasteiger partial charge on any atom is -0.365 e. The first-order valence-electron chi connectivity index (χ1n) is 9.97. The zero-order valence-corrected chi connectivity index (χ0v) is 16.4. The number of hydrogen-bond donors (Lipinski definition) is 0. The van der Waals surface area contributed by atoms with E-state index in [0.717, 1.165) is 38.0 Å². The van der Waals surface area contributed by atoms with E-state index in [1.54, 1.807) is 12.1 Å². The third-order valence-electron chi connectivity index (χ3n) is 5.81. The summed E-state index contributed by atoms with van der Waals surface area (Å²) in [4.78, 5) is 31.0. The molecule has 0 aromatic heterocycles. The maximum absolute atomic E-state index is 13.0. The van der Waals surface area contributed by atoms with E-state index in [9.17, 15) is 14.0 Å². The van der Waals surface area contributed by atoms with E-state index in [4.69, 9.17) is 0 Å². The molecule has 0 spiro atoms. The first-order valence-corrected chi connectivity index (χ1v) is 9.97. The van der Waals surface area contributed by atoms with Gasteiger partial charge in [-0.1, -0.05) is 6.92 Å². The van der Waals surface area contributed by atoms with E-state index in [2.05, 4.69) is 6.92 Å². The average Bonchev–Trinajstić information content (AvgIpc) is 2.68. The number of hydrogen-bond acceptors (Lipinski definition) is 3. The van der Waals surface area contributed by atoms with Crippen LogP contribution in [0, 0.1) is 17.7 Å². The summed E-state index contributed by atoms with van der Waals surface area (Å²) in [5, 5.41) is 0. The number of carbonyl (C=O) groups excluding carboxylic acids is 2. The van der Waals surface area contributed by atoms with Crippen molar-refractivity contribution in [3.63, 3.8) is 0 Å². The third-order valence-corrected chi connectivity index (χ3v) is 5.81. The van der Waals surface area contributed by atoms with E-state index in [-0.39, 0.29) is 30.1 Å². The summed E-state index contributed by atoms with van der Waals surface area (Å²) in [5.74, 6) is 0.685. The van der Waals surface area contributed by atoms with Gasteiger partial charge in [-0.3, -0.25) is 9.59 Å². The quantitative estimate of drug-likeness (QED) is 0.813. The highest BCUT2D eigenvalue weighted by molar-refractivity contribution is 5.82. The number of piperidine rings is 2. The number of carbonyl (C=O) groups is 2. The van der Waals surface area contributed by atoms with Gasteiger partial charge < -0.3 is 14.7 Å². The van der Waals surface area contributed by atoms with Crippen LogP contribution in [0.1, 0.15) is 32.6 Å². The number of anilines is 1. The fraction of sp³-hybridized carbons (Fsp3) is 0.619. The Labute approximate surface area is 161 Å². The molecular formula is C21H30FN3O2. The molecule has 0 bridgehead atoms. The maximum Gasteiger partial charge on any atom is 0.242 e. The first kappa shape index (κ1) is 19.6. The minimum atomic E-state index is -0.284. The Bertz CT molecular complexity index is 656. The lowest BCUT2D eigenvalue weighted by Crippen LogP contribution is -2.48. The number of rotatable bonds is 4. The van der Waals surface area contributed by atoms with Crippen LogP contribution in [0.5, 0.6) is 0 Å². The molecule has 1 atom stereocenters. The third kappa shape index (κ3) is 4.99. The Hall–Kier alpha value is -2.11. The minimum absolute atomic E-state index is 0.0502. The standard InChI is InChI=1S/C21H30FN3O2/c1-16-4-3-11-25(14-16)21(27)17-9-12-24(13-10-17)20(26)15-23(2)19-7-5-18(22)6-8-19/h5-8,16-17H,3-4,9-15H2,1-2H3. The summed E-state index contributed by atoms with van der Waals surface area (Å²) in [6, 6.07) is 6.14. The van der Waals surface area contributed by atoms with Gasteiger partial charge in [0.1, 0.15) is 5.82 Å². The van der Waals surface area contributed by atoms with Gasteiger partial charge in [-0.15, -0.1) is 0 Å². The molecule has 0 radical (unpaired) electrons. The molecule has 2 aliphatic heterocycles. The summed E-state index contributed by atoms with van der Waals surface area (Å²) in [5.41, 5.74) is 0.814. The van der Waals surface area contributed by atoms with E-state index in [1.807, 2.05) is 21.7 Å². The molecule has 5 nitrogen and oxygen atoms in total. The first-order chi connectivity index (χ1) is 12.9. The number of nitrogens with zero attached hydrogens (tertiary/aromatic N) is 3. The highest BCUT2D eigenvalue weighted by Gasteiger charge is 2.31. The van der Waals surface area contributed by atoms with Gasteiger partial charge in [0.25, 0.3) is 0 Å². The molecule has 2 heterocycles. The lowest BCUT2D eigenvalue weighted by Gasteiger charge is -2.37. The lowest BCUT2D eigenvalue weighted by atomic mass is 9.92. The van der Waals surface area contributed by atoms with Crippen molar-refractivity contribution in [1.82, 2.24) is 9.80 Å². The van der Waals surface area contributed by atoms with Gasteiger partial charge in [-0.25, -0.2) is 4.39 Å². The van der Waals surface area contributed by atoms with Crippen LogP contribution in [0.25, 0.3) is 0 Å². The number of likely N-dealkylation sites (N-methyl/N-ethyl adjacent to an activating group) is 1. The number of likely N-dealkylation sites (tertiary alicyclic amines) is 2. The monoisotopic (exact) mass is 375 g/mol. The van der Waals surface area contributed by atoms with Crippen molar-refractivity contribution in [2.45, 2.75) is 32.6 Å². The van der Waals surface area contributed by atoms with Crippen LogP contribution in [0.3, 0.4) is 0 Å². The summed E-state index contributed by atoms with van der Waals surface area (Å²) >= 11 is 0. The number of amides is 2. The van der Waals surface area contributed by atoms with Crippen molar-refractivity contribution in [1.29, 1.82) is 0 Å². The van der Waals surface area contributed by atoms with Gasteiger partial charge in [0.15, 0.2) is 0 Å². The fourth-order valence-corrected chi connectivity index (χ4v) is 4.11. The molecule has 0 N–H and O–H groups in total. The summed E-state index contributed by atoms with van der Waals surface area (Å²) in [7, 11) is 1.83. The van der Waals surface area contributed by atoms with Gasteiger partial charge in [-0.2, -0.15) is 0 Å². The Kier molecular flexibility index (Phi) is 6.34. The summed E-state index contributed by atoms with van der Waals surface area (Å²) in [6.07, 6.45) is 3.80. The summed E-state index contributed by atoms with van der Waals surface area (Å²) in [6.45, 7) is 5.49. The van der Waals surface area contributed by atoms with Crippen LogP contribution in [0.2, 0.25) is 0 Å². The normalized spacial score (nSPS) is 21.2. The molecule has 2 aliphatic rings. The van der Waals surface area contributed by atoms with Crippen molar-refractivity contribution >= 4 is 17.5 Å². The van der Waals surface area contributed by atoms with Crippen molar-refractivity contribution in [3.05, 3.63) is 30.1 Å². The van der Waals surface area contributed by atoms with Crippen LogP contribution in [-0.2, 0) is 9.59 Å². The molecule has 1 aromatic rings. The SMILES string of the molecule is CC1CCCN(C(=O)C2CCN(C(=O)CN(C)c3ccc(F)cc3)CC2)C1. The zero-order chi connectivity index (χ0) is 19.4. The van der Waals surface area contributed by atoms with E-state index in [1.165, 1.54) is 18.6 Å². The van der Waals surface area contributed by atoms with Gasteiger partial charge in [0.05, 0.1) is 6.54 Å². The number of halogens is 1. The Balaban J connectivity index is 1.47. The van der Waals surface area contributed by atoms with E-state index in [0.29, 0.717) is 19.0 Å². The second kappa shape index (κ2) is 8.72. The molecule has 27 heavy (non-hydrogen) atoms. The zero-order valence-electron chi connectivity index (χ0n) is 16.4. The van der Waals surface area contributed by atoms with Crippen molar-refractivity contribution < 1.29 is 14.0 Å². The Morgan fingerprint density at radius 3 is 2.37 bits per heavy atom. The van der Waals surface area contributed by atoms with Crippen molar-refractivity contribution in [3.8, 4) is 0 Å². The number of benzene rings is 1. The highest BCUT2D eigenvalue weighted by atomic mass is 19.1. The molecule has 148 valence electrons. The average molecular weight is 375 g/mol. The molecular weight excluding hydrogens is 345 g/mol. The van der Waals surface area contributed by atoms with Crippen LogP contribution < -0.4 is 4.90 Å². The topological polar surface area (TPSA) is 43.9 Å². The van der Waals surface area contributed by atoms with Crippen LogP contribution >= 0.6 is 0 Å². The molecule has 0 saturated carbocycles. The Morgan fingerprint density at radius 1 is 1.07 bits per heavy atom. The second-order valence-corrected chi connectivity index (χ2v) is 8.02. The van der Waals surface area contributed by atoms with E-state index >= 15 is 0 Å². The van der Waals surface area contributed by atoms with Gasteiger partial charge >= 0.3 is 0 Å². The fourth-order valence-electron chi connectivity index (χ4n) is 4.11. The molecule has 3 rings (SSSR count). The van der Waals surface area contributed by atoms with Crippen LogP contribution in [-0.4, -0.2) is 61.4 Å². The molecule has 6 heteroatoms. The van der Waals surface area contributed by atoms with Crippen molar-refractivity contribution in [2.75, 3.05) is 44.7 Å². The largest absolute Gasteiger partial charge is 0.365 e. The van der Waals surface area contributed by atoms with Gasteiger partial charge in [0.2, 0.25) is 11.8 Å². The van der Waals surface area contributed by atoms with Gasteiger partial charge in [-0.05, 0) is 55.9 Å². The summed E-state index contributed by atoms with van der Waals surface area (Å²) < 4.78 is 13.0. The molecule has 2 fully saturated rings. The van der Waals surface area contributed by atoms with Crippen LogP contribution in [0.15, 0.2) is 24.3 Å². The molecule has 1 unspecified atom stereocenters. The maximum atomic E-state index is 13.0. The molecule has 2 saturated heterocycles.